The van der Waals surface area contributed by atoms with Crippen molar-refractivity contribution in [3.8, 4) is 5.75 Å². The number of amides is 2. The third-order valence-electron chi connectivity index (χ3n) is 9.76. The van der Waals surface area contributed by atoms with Crippen LogP contribution in [0.1, 0.15) is 62.5 Å². The maximum atomic E-state index is 14.0. The maximum absolute atomic E-state index is 14.0. The Morgan fingerprint density at radius 2 is 1.57 bits per heavy atom. The molecule has 0 N–H and O–H groups in total. The Morgan fingerprint density at radius 3 is 2.11 bits per heavy atom. The van der Waals surface area contributed by atoms with Gasteiger partial charge in [0.25, 0.3) is 0 Å². The molecule has 0 radical (unpaired) electrons. The number of carbonyl (C=O) groups excluding carboxylic acids is 1. The molecule has 0 atom stereocenters. The van der Waals surface area contributed by atoms with Gasteiger partial charge >= 0.3 is 6.03 Å². The maximum Gasteiger partial charge on any atom is 0.320 e. The van der Waals surface area contributed by atoms with E-state index in [0.29, 0.717) is 6.54 Å². The number of hydrogen-bond donors (Lipinski definition) is 0. The smallest absolute Gasteiger partial charge is 0.320 e. The molecular weight excluding hydrogens is 462 g/mol. The summed E-state index contributed by atoms with van der Waals surface area (Å²) in [5, 5.41) is 0. The van der Waals surface area contributed by atoms with Gasteiger partial charge < -0.3 is 19.3 Å². The molecule has 5 rings (SSSR count). The summed E-state index contributed by atoms with van der Waals surface area (Å²) in [5.74, 6) is 0.841. The normalized spacial score (nSPS) is 27.1. The molecule has 3 aliphatic rings. The Morgan fingerprint density at radius 1 is 0.892 bits per heavy atom. The summed E-state index contributed by atoms with van der Waals surface area (Å²) < 4.78 is 11.3. The van der Waals surface area contributed by atoms with E-state index < -0.39 is 0 Å². The SMILES string of the molecule is COc1ccc(CN2C[C@]3(CC[C@](c4ccccc4)(N(C)C)CC3)N(CCC3(OC)CCC3)C2=O)cc1. The molecule has 1 aliphatic heterocycles. The Kier molecular flexibility index (Phi) is 7.25. The van der Waals surface area contributed by atoms with Crippen molar-refractivity contribution in [1.29, 1.82) is 0 Å². The van der Waals surface area contributed by atoms with E-state index in [4.69, 9.17) is 9.47 Å². The molecule has 1 saturated heterocycles. The topological polar surface area (TPSA) is 45.2 Å². The molecule has 0 aromatic heterocycles. The lowest BCUT2D eigenvalue weighted by molar-refractivity contribution is -0.0844. The second-order valence-electron chi connectivity index (χ2n) is 11.6. The quantitative estimate of drug-likeness (QED) is 0.441. The van der Waals surface area contributed by atoms with Crippen LogP contribution in [0.5, 0.6) is 5.75 Å². The van der Waals surface area contributed by atoms with E-state index in [-0.39, 0.29) is 22.7 Å². The summed E-state index contributed by atoms with van der Waals surface area (Å²) >= 11 is 0. The monoisotopic (exact) mass is 505 g/mol. The molecule has 1 heterocycles. The molecule has 2 saturated carbocycles. The number of ether oxygens (including phenoxy) is 2. The first-order chi connectivity index (χ1) is 17.9. The summed E-state index contributed by atoms with van der Waals surface area (Å²) in [6, 6.07) is 19.2. The van der Waals surface area contributed by atoms with Gasteiger partial charge in [-0.15, -0.1) is 0 Å². The molecule has 2 amide bonds. The largest absolute Gasteiger partial charge is 0.497 e. The Labute approximate surface area is 222 Å². The minimum Gasteiger partial charge on any atom is -0.497 e. The zero-order valence-corrected chi connectivity index (χ0v) is 23.0. The molecule has 6 heteroatoms. The molecule has 3 fully saturated rings. The van der Waals surface area contributed by atoms with Gasteiger partial charge in [-0.05, 0) is 88.7 Å². The fraction of sp³-hybridized carbons (Fsp3) is 0.581. The van der Waals surface area contributed by atoms with Crippen molar-refractivity contribution in [3.05, 3.63) is 65.7 Å². The third kappa shape index (κ3) is 4.74. The first-order valence-electron chi connectivity index (χ1n) is 13.8. The lowest BCUT2D eigenvalue weighted by Gasteiger charge is -2.51. The van der Waals surface area contributed by atoms with Crippen molar-refractivity contribution in [2.75, 3.05) is 41.4 Å². The number of methoxy groups -OCH3 is 2. The summed E-state index contributed by atoms with van der Waals surface area (Å²) in [6.07, 6.45) is 8.44. The van der Waals surface area contributed by atoms with Crippen molar-refractivity contribution < 1.29 is 14.3 Å². The highest BCUT2D eigenvalue weighted by Crippen LogP contribution is 2.49. The van der Waals surface area contributed by atoms with Gasteiger partial charge in [-0.25, -0.2) is 4.79 Å². The fourth-order valence-corrected chi connectivity index (χ4v) is 7.03. The summed E-state index contributed by atoms with van der Waals surface area (Å²) in [7, 11) is 7.93. The Balaban J connectivity index is 1.39. The summed E-state index contributed by atoms with van der Waals surface area (Å²) in [5.41, 5.74) is 2.36. The highest BCUT2D eigenvalue weighted by molar-refractivity contribution is 5.78. The second-order valence-corrected chi connectivity index (χ2v) is 11.6. The van der Waals surface area contributed by atoms with Gasteiger partial charge in [-0.1, -0.05) is 42.5 Å². The van der Waals surface area contributed by atoms with Crippen molar-refractivity contribution in [3.63, 3.8) is 0 Å². The number of benzene rings is 2. The average Bonchev–Trinajstić information content (AvgIpc) is 3.15. The van der Waals surface area contributed by atoms with Gasteiger partial charge in [0.1, 0.15) is 5.75 Å². The van der Waals surface area contributed by atoms with Crippen LogP contribution in [0.2, 0.25) is 0 Å². The summed E-state index contributed by atoms with van der Waals surface area (Å²) in [6.45, 7) is 2.19. The first kappa shape index (κ1) is 26.1. The van der Waals surface area contributed by atoms with Crippen LogP contribution in [-0.4, -0.2) is 73.3 Å². The molecule has 1 spiro atoms. The lowest BCUT2D eigenvalue weighted by atomic mass is 9.68. The van der Waals surface area contributed by atoms with Gasteiger partial charge in [0.05, 0.1) is 18.2 Å². The minimum absolute atomic E-state index is 0.00631. The lowest BCUT2D eigenvalue weighted by Crippen LogP contribution is -2.56. The minimum atomic E-state index is -0.128. The highest BCUT2D eigenvalue weighted by Gasteiger charge is 2.54. The van der Waals surface area contributed by atoms with E-state index in [0.717, 1.165) is 69.3 Å². The van der Waals surface area contributed by atoms with Crippen LogP contribution in [0.3, 0.4) is 0 Å². The van der Waals surface area contributed by atoms with Crippen molar-refractivity contribution in [2.45, 2.75) is 74.6 Å². The molecule has 2 aromatic rings. The van der Waals surface area contributed by atoms with Crippen LogP contribution in [-0.2, 0) is 16.8 Å². The molecule has 6 nitrogen and oxygen atoms in total. The molecule has 0 unspecified atom stereocenters. The number of nitrogens with zero attached hydrogens (tertiary/aromatic N) is 3. The van der Waals surface area contributed by atoms with E-state index in [1.807, 2.05) is 19.2 Å². The Bertz CT molecular complexity index is 1050. The second kappa shape index (κ2) is 10.3. The predicted octanol–water partition coefficient (Wildman–Crippen LogP) is 5.66. The summed E-state index contributed by atoms with van der Waals surface area (Å²) in [4.78, 5) is 20.7. The van der Waals surface area contributed by atoms with E-state index in [1.165, 1.54) is 12.0 Å². The van der Waals surface area contributed by atoms with Gasteiger partial charge in [0.15, 0.2) is 0 Å². The van der Waals surface area contributed by atoms with E-state index in [9.17, 15) is 4.79 Å². The van der Waals surface area contributed by atoms with Crippen LogP contribution in [0.15, 0.2) is 54.6 Å². The first-order valence-corrected chi connectivity index (χ1v) is 13.8. The van der Waals surface area contributed by atoms with Crippen LogP contribution >= 0.6 is 0 Å². The van der Waals surface area contributed by atoms with Gasteiger partial charge in [-0.3, -0.25) is 4.90 Å². The van der Waals surface area contributed by atoms with Crippen molar-refractivity contribution in [1.82, 2.24) is 14.7 Å². The van der Waals surface area contributed by atoms with Gasteiger partial charge in [-0.2, -0.15) is 0 Å². The molecule has 2 aromatic carbocycles. The number of hydrogen-bond acceptors (Lipinski definition) is 4. The number of carbonyl (C=O) groups is 1. The molecule has 200 valence electrons. The standard InChI is InChI=1S/C31H43N3O3/c1-32(2)31(26-9-6-5-7-10-26)19-17-29(18-20-31)24-33(23-25-11-13-27(36-3)14-12-25)28(35)34(29)22-21-30(37-4)15-8-16-30/h5-7,9-14H,8,15-24H2,1-4H3/t29-,31+. The zero-order chi connectivity index (χ0) is 26.1. The highest BCUT2D eigenvalue weighted by atomic mass is 16.5. The number of urea groups is 1. The van der Waals surface area contributed by atoms with Crippen molar-refractivity contribution in [2.24, 2.45) is 0 Å². The van der Waals surface area contributed by atoms with E-state index >= 15 is 0 Å². The average molecular weight is 506 g/mol. The molecule has 2 aliphatic carbocycles. The van der Waals surface area contributed by atoms with Crippen LogP contribution < -0.4 is 4.74 Å². The van der Waals surface area contributed by atoms with Gasteiger partial charge in [0, 0.05) is 32.3 Å². The fourth-order valence-electron chi connectivity index (χ4n) is 7.03. The van der Waals surface area contributed by atoms with Crippen LogP contribution in [0, 0.1) is 0 Å². The molecule has 0 bridgehead atoms. The van der Waals surface area contributed by atoms with E-state index in [1.54, 1.807) is 7.11 Å². The van der Waals surface area contributed by atoms with Gasteiger partial charge in [0.2, 0.25) is 0 Å². The van der Waals surface area contributed by atoms with E-state index in [2.05, 4.69) is 71.3 Å². The third-order valence-corrected chi connectivity index (χ3v) is 9.76. The van der Waals surface area contributed by atoms with Crippen LogP contribution in [0.25, 0.3) is 0 Å². The number of rotatable bonds is 9. The molecular formula is C31H43N3O3. The van der Waals surface area contributed by atoms with Crippen molar-refractivity contribution >= 4 is 6.03 Å². The van der Waals surface area contributed by atoms with Crippen LogP contribution in [0.4, 0.5) is 4.79 Å². The zero-order valence-electron chi connectivity index (χ0n) is 23.0. The predicted molar refractivity (Wildman–Crippen MR) is 147 cm³/mol. The molecule has 37 heavy (non-hydrogen) atoms. The Hall–Kier alpha value is -2.57.